The van der Waals surface area contributed by atoms with Crippen molar-refractivity contribution in [3.8, 4) is 5.82 Å². The number of nitrogens with zero attached hydrogens (tertiary/aromatic N) is 4. The first-order valence-corrected chi connectivity index (χ1v) is 11.6. The second-order valence-corrected chi connectivity index (χ2v) is 9.25. The van der Waals surface area contributed by atoms with Crippen molar-refractivity contribution in [3.63, 3.8) is 0 Å². The molecule has 34 heavy (non-hydrogen) atoms. The standard InChI is InChI=1S/C25H21N5O3S/c1-15-8-7-13-21(26-15)30-24(33)17-9-3-4-10-18(17)28-25(30)34-16(2)23(32)29-14-22(31)27-19-11-5-6-12-20(19)29/h3-13,16H,14H2,1-2H3,(H,27,31). The molecule has 170 valence electrons. The van der Waals surface area contributed by atoms with Crippen LogP contribution in [0.5, 0.6) is 0 Å². The average molecular weight is 472 g/mol. The van der Waals surface area contributed by atoms with E-state index >= 15 is 0 Å². The van der Waals surface area contributed by atoms with E-state index in [0.29, 0.717) is 33.3 Å². The third kappa shape index (κ3) is 3.94. The lowest BCUT2D eigenvalue weighted by atomic mass is 10.2. The van der Waals surface area contributed by atoms with E-state index in [-0.39, 0.29) is 23.9 Å². The summed E-state index contributed by atoms with van der Waals surface area (Å²) in [4.78, 5) is 49.8. The summed E-state index contributed by atoms with van der Waals surface area (Å²) < 4.78 is 1.45. The van der Waals surface area contributed by atoms with Crippen molar-refractivity contribution in [2.24, 2.45) is 0 Å². The molecule has 0 aliphatic carbocycles. The lowest BCUT2D eigenvalue weighted by molar-refractivity contribution is -0.121. The van der Waals surface area contributed by atoms with E-state index < -0.39 is 5.25 Å². The number of hydrogen-bond donors (Lipinski definition) is 1. The second-order valence-electron chi connectivity index (χ2n) is 7.94. The van der Waals surface area contributed by atoms with Gasteiger partial charge in [0.1, 0.15) is 12.4 Å². The van der Waals surface area contributed by atoms with Gasteiger partial charge < -0.3 is 5.32 Å². The fourth-order valence-electron chi connectivity index (χ4n) is 3.90. The summed E-state index contributed by atoms with van der Waals surface area (Å²) in [6.45, 7) is 3.52. The van der Waals surface area contributed by atoms with Gasteiger partial charge in [-0.15, -0.1) is 0 Å². The van der Waals surface area contributed by atoms with Gasteiger partial charge in [0.25, 0.3) is 5.56 Å². The SMILES string of the molecule is Cc1cccc(-n2c(SC(C)C(=O)N3CC(=O)Nc4ccccc43)nc3ccccc3c2=O)n1. The molecule has 0 spiro atoms. The van der Waals surface area contributed by atoms with Gasteiger partial charge in [0.15, 0.2) is 5.16 Å². The molecule has 2 aromatic heterocycles. The van der Waals surface area contributed by atoms with Gasteiger partial charge in [-0.1, -0.05) is 42.1 Å². The molecule has 1 N–H and O–H groups in total. The van der Waals surface area contributed by atoms with E-state index in [2.05, 4.69) is 10.3 Å². The van der Waals surface area contributed by atoms with Crippen LogP contribution in [-0.2, 0) is 9.59 Å². The number of rotatable bonds is 4. The van der Waals surface area contributed by atoms with Crippen molar-refractivity contribution in [2.75, 3.05) is 16.8 Å². The molecule has 0 bridgehead atoms. The minimum absolute atomic E-state index is 0.0713. The van der Waals surface area contributed by atoms with Crippen LogP contribution in [0.3, 0.4) is 0 Å². The van der Waals surface area contributed by atoms with Crippen molar-refractivity contribution in [3.05, 3.63) is 82.8 Å². The van der Waals surface area contributed by atoms with Gasteiger partial charge in [0, 0.05) is 5.69 Å². The molecule has 5 rings (SSSR count). The van der Waals surface area contributed by atoms with Crippen LogP contribution < -0.4 is 15.8 Å². The molecule has 3 heterocycles. The number of aromatic nitrogens is 3. The third-order valence-corrected chi connectivity index (χ3v) is 6.55. The van der Waals surface area contributed by atoms with Gasteiger partial charge in [-0.05, 0) is 50.2 Å². The van der Waals surface area contributed by atoms with E-state index in [0.717, 1.165) is 5.69 Å². The second kappa shape index (κ2) is 8.75. The molecule has 2 aromatic carbocycles. The highest BCUT2D eigenvalue weighted by atomic mass is 32.2. The maximum absolute atomic E-state index is 13.5. The summed E-state index contributed by atoms with van der Waals surface area (Å²) in [5.41, 5.74) is 2.28. The van der Waals surface area contributed by atoms with Crippen LogP contribution in [0, 0.1) is 6.92 Å². The molecule has 0 radical (unpaired) electrons. The summed E-state index contributed by atoms with van der Waals surface area (Å²) in [5, 5.41) is 3.00. The molecule has 9 heteroatoms. The first-order valence-electron chi connectivity index (χ1n) is 10.7. The van der Waals surface area contributed by atoms with E-state index in [1.165, 1.54) is 21.2 Å². The van der Waals surface area contributed by atoms with Crippen molar-refractivity contribution < 1.29 is 9.59 Å². The topological polar surface area (TPSA) is 97.2 Å². The zero-order valence-electron chi connectivity index (χ0n) is 18.6. The number of amides is 2. The van der Waals surface area contributed by atoms with Crippen LogP contribution in [0.25, 0.3) is 16.7 Å². The Morgan fingerprint density at radius 3 is 2.59 bits per heavy atom. The minimum atomic E-state index is -0.622. The number of pyridine rings is 1. The zero-order chi connectivity index (χ0) is 23.8. The number of aryl methyl sites for hydroxylation is 1. The van der Waals surface area contributed by atoms with Crippen LogP contribution in [0.2, 0.25) is 0 Å². The molecule has 1 atom stereocenters. The van der Waals surface area contributed by atoms with Gasteiger partial charge in [-0.25, -0.2) is 14.5 Å². The van der Waals surface area contributed by atoms with E-state index in [1.807, 2.05) is 31.2 Å². The molecule has 1 aliphatic heterocycles. The summed E-state index contributed by atoms with van der Waals surface area (Å²) >= 11 is 1.17. The number of benzene rings is 2. The zero-order valence-corrected chi connectivity index (χ0v) is 19.4. The Balaban J connectivity index is 1.56. The Morgan fingerprint density at radius 1 is 1.00 bits per heavy atom. The van der Waals surface area contributed by atoms with Gasteiger partial charge in [0.2, 0.25) is 11.8 Å². The highest BCUT2D eigenvalue weighted by Gasteiger charge is 2.31. The number of hydrogen-bond acceptors (Lipinski definition) is 6. The predicted octanol–water partition coefficient (Wildman–Crippen LogP) is 3.56. The van der Waals surface area contributed by atoms with E-state index in [9.17, 15) is 14.4 Å². The first-order chi connectivity index (χ1) is 16.4. The number of carbonyl (C=O) groups excluding carboxylic acids is 2. The maximum Gasteiger partial charge on any atom is 0.267 e. The third-order valence-electron chi connectivity index (χ3n) is 5.51. The Hall–Kier alpha value is -3.98. The van der Waals surface area contributed by atoms with Gasteiger partial charge in [0.05, 0.1) is 27.5 Å². The molecule has 0 saturated heterocycles. The summed E-state index contributed by atoms with van der Waals surface area (Å²) in [5.74, 6) is -0.0690. The summed E-state index contributed by atoms with van der Waals surface area (Å²) in [6.07, 6.45) is 0. The maximum atomic E-state index is 13.5. The van der Waals surface area contributed by atoms with Crippen molar-refractivity contribution in [1.82, 2.24) is 14.5 Å². The molecular weight excluding hydrogens is 450 g/mol. The molecule has 2 amide bonds. The van der Waals surface area contributed by atoms with Gasteiger partial charge in [-0.3, -0.25) is 19.3 Å². The first kappa shape index (κ1) is 21.8. The van der Waals surface area contributed by atoms with Crippen LogP contribution >= 0.6 is 11.8 Å². The van der Waals surface area contributed by atoms with Crippen molar-refractivity contribution >= 4 is 45.9 Å². The Bertz CT molecular complexity index is 1500. The monoisotopic (exact) mass is 471 g/mol. The molecule has 4 aromatic rings. The molecule has 1 unspecified atom stereocenters. The van der Waals surface area contributed by atoms with E-state index in [1.54, 1.807) is 49.4 Å². The molecular formula is C25H21N5O3S. The quantitative estimate of drug-likeness (QED) is 0.361. The largest absolute Gasteiger partial charge is 0.323 e. The van der Waals surface area contributed by atoms with Gasteiger partial charge in [-0.2, -0.15) is 0 Å². The molecule has 0 fully saturated rings. The molecule has 0 saturated carbocycles. The Labute approximate surface area is 199 Å². The number of nitrogens with one attached hydrogen (secondary N) is 1. The highest BCUT2D eigenvalue weighted by molar-refractivity contribution is 8.00. The Morgan fingerprint density at radius 2 is 1.76 bits per heavy atom. The van der Waals surface area contributed by atoms with Crippen molar-refractivity contribution in [1.29, 1.82) is 0 Å². The van der Waals surface area contributed by atoms with Crippen LogP contribution in [-0.4, -0.2) is 38.1 Å². The number of thioether (sulfide) groups is 1. The molecule has 1 aliphatic rings. The van der Waals surface area contributed by atoms with Crippen LogP contribution in [0.15, 0.2) is 76.7 Å². The lowest BCUT2D eigenvalue weighted by Gasteiger charge is -2.30. The molecule has 8 nitrogen and oxygen atoms in total. The number of carbonyl (C=O) groups is 2. The normalized spacial score (nSPS) is 13.9. The van der Waals surface area contributed by atoms with Crippen LogP contribution in [0.4, 0.5) is 11.4 Å². The lowest BCUT2D eigenvalue weighted by Crippen LogP contribution is -2.45. The van der Waals surface area contributed by atoms with E-state index in [4.69, 9.17) is 4.98 Å². The summed E-state index contributed by atoms with van der Waals surface area (Å²) in [7, 11) is 0. The fraction of sp³-hybridized carbons (Fsp3) is 0.160. The highest BCUT2D eigenvalue weighted by Crippen LogP contribution is 2.32. The number of fused-ring (bicyclic) bond motifs is 2. The Kier molecular flexibility index (Phi) is 5.62. The fourth-order valence-corrected chi connectivity index (χ4v) is 4.88. The smallest absolute Gasteiger partial charge is 0.267 e. The number of anilines is 2. The van der Waals surface area contributed by atoms with Crippen molar-refractivity contribution in [2.45, 2.75) is 24.3 Å². The summed E-state index contributed by atoms with van der Waals surface area (Å²) in [6, 6.07) is 19.7. The number of para-hydroxylation sites is 3. The van der Waals surface area contributed by atoms with Gasteiger partial charge >= 0.3 is 0 Å². The van der Waals surface area contributed by atoms with Crippen LogP contribution in [0.1, 0.15) is 12.6 Å². The predicted molar refractivity (Wildman–Crippen MR) is 133 cm³/mol. The minimum Gasteiger partial charge on any atom is -0.323 e. The average Bonchev–Trinajstić information content (AvgIpc) is 2.83.